The van der Waals surface area contributed by atoms with E-state index in [0.717, 1.165) is 18.2 Å². The second kappa shape index (κ2) is 5.43. The maximum atomic E-state index is 12.1. The van der Waals surface area contributed by atoms with E-state index in [1.54, 1.807) is 12.1 Å². The number of sulfonamides is 1. The summed E-state index contributed by atoms with van der Waals surface area (Å²) in [5, 5.41) is 10.6. The van der Waals surface area contributed by atoms with E-state index in [0.29, 0.717) is 0 Å². The van der Waals surface area contributed by atoms with Gasteiger partial charge in [-0.05, 0) is 18.2 Å². The summed E-state index contributed by atoms with van der Waals surface area (Å²) in [7, 11) is -4.05. The first-order valence-corrected chi connectivity index (χ1v) is 7.14. The third kappa shape index (κ3) is 3.03. The summed E-state index contributed by atoms with van der Waals surface area (Å²) >= 11 is 5.79. The second-order valence-corrected chi connectivity index (χ2v) is 5.75. The molecular formula is C11H8ClN3O4S. The van der Waals surface area contributed by atoms with Crippen molar-refractivity contribution in [3.63, 3.8) is 0 Å². The first-order valence-electron chi connectivity index (χ1n) is 5.28. The van der Waals surface area contributed by atoms with Gasteiger partial charge in [-0.25, -0.2) is 13.4 Å². The lowest BCUT2D eigenvalue weighted by atomic mass is 10.3. The van der Waals surface area contributed by atoms with Gasteiger partial charge in [0.1, 0.15) is 10.7 Å². The minimum absolute atomic E-state index is 0.0927. The van der Waals surface area contributed by atoms with Gasteiger partial charge < -0.3 is 0 Å². The third-order valence-corrected chi connectivity index (χ3v) is 4.16. The topological polar surface area (TPSA) is 102 Å². The third-order valence-electron chi connectivity index (χ3n) is 2.32. The lowest BCUT2D eigenvalue weighted by Gasteiger charge is -2.08. The van der Waals surface area contributed by atoms with Crippen LogP contribution in [0.5, 0.6) is 0 Å². The van der Waals surface area contributed by atoms with Crippen LogP contribution in [0.4, 0.5) is 11.5 Å². The van der Waals surface area contributed by atoms with Gasteiger partial charge >= 0.3 is 0 Å². The van der Waals surface area contributed by atoms with E-state index in [9.17, 15) is 18.5 Å². The number of anilines is 1. The molecule has 0 atom stereocenters. The molecule has 0 saturated heterocycles. The number of halogens is 1. The van der Waals surface area contributed by atoms with Crippen LogP contribution in [-0.2, 0) is 10.0 Å². The minimum Gasteiger partial charge on any atom is -0.263 e. The summed E-state index contributed by atoms with van der Waals surface area (Å²) < 4.78 is 26.5. The van der Waals surface area contributed by atoms with Crippen molar-refractivity contribution < 1.29 is 13.3 Å². The normalized spacial score (nSPS) is 11.1. The van der Waals surface area contributed by atoms with Crippen molar-refractivity contribution in [1.29, 1.82) is 0 Å². The lowest BCUT2D eigenvalue weighted by Crippen LogP contribution is -2.14. The van der Waals surface area contributed by atoms with Gasteiger partial charge in [0.2, 0.25) is 0 Å². The van der Waals surface area contributed by atoms with Crippen LogP contribution < -0.4 is 4.72 Å². The molecule has 0 spiro atoms. The van der Waals surface area contributed by atoms with E-state index in [-0.39, 0.29) is 21.4 Å². The fraction of sp³-hybridized carbons (Fsp3) is 0. The number of nitro groups is 1. The molecule has 0 bridgehead atoms. The van der Waals surface area contributed by atoms with Crippen LogP contribution >= 0.6 is 11.6 Å². The number of pyridine rings is 1. The Hall–Kier alpha value is -2.19. The average Bonchev–Trinajstić information content (AvgIpc) is 2.39. The van der Waals surface area contributed by atoms with Crippen molar-refractivity contribution in [2.24, 2.45) is 0 Å². The Morgan fingerprint density at radius 1 is 1.25 bits per heavy atom. The molecule has 104 valence electrons. The summed E-state index contributed by atoms with van der Waals surface area (Å²) in [6.45, 7) is 0. The molecule has 0 fully saturated rings. The number of hydrogen-bond donors (Lipinski definition) is 1. The highest BCUT2D eigenvalue weighted by atomic mass is 35.5. The summed E-state index contributed by atoms with van der Waals surface area (Å²) in [6.07, 6.45) is 1.41. The predicted octanol–water partition coefficient (Wildman–Crippen LogP) is 2.44. The van der Waals surface area contributed by atoms with E-state index in [1.165, 1.54) is 12.3 Å². The molecule has 0 radical (unpaired) electrons. The molecule has 0 aliphatic carbocycles. The largest absolute Gasteiger partial charge is 0.270 e. The minimum atomic E-state index is -4.05. The van der Waals surface area contributed by atoms with Crippen molar-refractivity contribution in [2.45, 2.75) is 4.90 Å². The number of rotatable bonds is 4. The van der Waals surface area contributed by atoms with Gasteiger partial charge in [-0.15, -0.1) is 0 Å². The summed E-state index contributed by atoms with van der Waals surface area (Å²) in [6, 6.07) is 7.85. The quantitative estimate of drug-likeness (QED) is 0.690. The lowest BCUT2D eigenvalue weighted by molar-refractivity contribution is -0.385. The number of benzene rings is 1. The van der Waals surface area contributed by atoms with Crippen LogP contribution in [0.3, 0.4) is 0 Å². The van der Waals surface area contributed by atoms with Crippen molar-refractivity contribution in [3.05, 3.63) is 57.7 Å². The van der Waals surface area contributed by atoms with Crippen molar-refractivity contribution in [2.75, 3.05) is 4.72 Å². The van der Waals surface area contributed by atoms with Gasteiger partial charge in [-0.2, -0.15) is 0 Å². The highest BCUT2D eigenvalue weighted by molar-refractivity contribution is 7.92. The van der Waals surface area contributed by atoms with Crippen LogP contribution in [-0.4, -0.2) is 18.3 Å². The molecule has 1 aromatic carbocycles. The van der Waals surface area contributed by atoms with Gasteiger partial charge in [0, 0.05) is 18.3 Å². The smallest absolute Gasteiger partial charge is 0.263 e. The van der Waals surface area contributed by atoms with Gasteiger partial charge in [-0.1, -0.05) is 17.7 Å². The van der Waals surface area contributed by atoms with Crippen LogP contribution in [0.2, 0.25) is 5.02 Å². The van der Waals surface area contributed by atoms with Crippen molar-refractivity contribution in [3.8, 4) is 0 Å². The molecule has 9 heteroatoms. The zero-order valence-electron chi connectivity index (χ0n) is 9.86. The monoisotopic (exact) mass is 313 g/mol. The second-order valence-electron chi connectivity index (χ2n) is 3.69. The van der Waals surface area contributed by atoms with Crippen LogP contribution in [0.15, 0.2) is 47.5 Å². The van der Waals surface area contributed by atoms with Gasteiger partial charge in [0.15, 0.2) is 0 Å². The first-order chi connectivity index (χ1) is 9.40. The Kier molecular flexibility index (Phi) is 3.86. The van der Waals surface area contributed by atoms with Gasteiger partial charge in [-0.3, -0.25) is 14.8 Å². The van der Waals surface area contributed by atoms with Crippen LogP contribution in [0.1, 0.15) is 0 Å². The molecule has 1 aromatic heterocycles. The zero-order chi connectivity index (χ0) is 14.8. The molecule has 0 aliphatic heterocycles. The van der Waals surface area contributed by atoms with Gasteiger partial charge in [0.25, 0.3) is 15.7 Å². The maximum absolute atomic E-state index is 12.1. The Balaban J connectivity index is 2.44. The Bertz CT molecular complexity index is 750. The Morgan fingerprint density at radius 3 is 2.60 bits per heavy atom. The first kappa shape index (κ1) is 14.2. The van der Waals surface area contributed by atoms with E-state index in [4.69, 9.17) is 11.6 Å². The van der Waals surface area contributed by atoms with E-state index in [1.807, 2.05) is 0 Å². The molecule has 0 unspecified atom stereocenters. The summed E-state index contributed by atoms with van der Waals surface area (Å²) in [5.41, 5.74) is -0.365. The van der Waals surface area contributed by atoms with E-state index >= 15 is 0 Å². The molecule has 7 nitrogen and oxygen atoms in total. The fourth-order valence-corrected chi connectivity index (χ4v) is 2.96. The molecule has 1 N–H and O–H groups in total. The molecule has 20 heavy (non-hydrogen) atoms. The highest BCUT2D eigenvalue weighted by Crippen LogP contribution is 2.27. The number of nitrogens with one attached hydrogen (secondary N) is 1. The molecule has 2 aromatic rings. The number of non-ortho nitro benzene ring substituents is 1. The average molecular weight is 314 g/mol. The van der Waals surface area contributed by atoms with Gasteiger partial charge in [0.05, 0.1) is 9.95 Å². The summed E-state index contributed by atoms with van der Waals surface area (Å²) in [4.78, 5) is 13.4. The molecular weight excluding hydrogens is 306 g/mol. The molecule has 0 aliphatic rings. The zero-order valence-corrected chi connectivity index (χ0v) is 11.4. The number of aromatic nitrogens is 1. The SMILES string of the molecule is O=[N+]([O-])c1ccc(Cl)c(S(=O)(=O)Nc2ccccn2)c1. The highest BCUT2D eigenvalue weighted by Gasteiger charge is 2.22. The molecule has 1 heterocycles. The standard InChI is InChI=1S/C11H8ClN3O4S/c12-9-5-4-8(15(16)17)7-10(9)20(18,19)14-11-3-1-2-6-13-11/h1-7H,(H,13,14). The number of nitro benzene ring substituents is 1. The maximum Gasteiger partial charge on any atom is 0.270 e. The predicted molar refractivity (Wildman–Crippen MR) is 73.2 cm³/mol. The van der Waals surface area contributed by atoms with Crippen LogP contribution in [0.25, 0.3) is 0 Å². The molecule has 0 saturated carbocycles. The van der Waals surface area contributed by atoms with E-state index in [2.05, 4.69) is 9.71 Å². The molecule has 2 rings (SSSR count). The fourth-order valence-electron chi connectivity index (χ4n) is 1.43. The summed E-state index contributed by atoms with van der Waals surface area (Å²) in [5.74, 6) is 0.0927. The van der Waals surface area contributed by atoms with Crippen molar-refractivity contribution in [1.82, 2.24) is 4.98 Å². The Morgan fingerprint density at radius 2 is 2.00 bits per heavy atom. The number of nitrogens with zero attached hydrogens (tertiary/aromatic N) is 2. The Labute approximate surface area is 119 Å². The molecule has 0 amide bonds. The number of hydrogen-bond acceptors (Lipinski definition) is 5. The van der Waals surface area contributed by atoms with E-state index < -0.39 is 14.9 Å². The van der Waals surface area contributed by atoms with Crippen LogP contribution in [0, 0.1) is 10.1 Å². The van der Waals surface area contributed by atoms with Crippen molar-refractivity contribution >= 4 is 33.1 Å².